The minimum absolute atomic E-state index is 0.445. The van der Waals surface area contributed by atoms with Gasteiger partial charge in [-0.25, -0.2) is 0 Å². The van der Waals surface area contributed by atoms with Crippen LogP contribution in [0.5, 0.6) is 0 Å². The lowest BCUT2D eigenvalue weighted by molar-refractivity contribution is 0.199. The van der Waals surface area contributed by atoms with Gasteiger partial charge in [0.25, 0.3) is 0 Å². The molecule has 0 aromatic carbocycles. The number of hydrogen-bond acceptors (Lipinski definition) is 1. The molecule has 0 aromatic rings. The van der Waals surface area contributed by atoms with Crippen molar-refractivity contribution in [1.82, 2.24) is 0 Å². The lowest BCUT2D eigenvalue weighted by atomic mass is 9.83. The Labute approximate surface area is 71.3 Å². The smallest absolute Gasteiger partial charge is 0.187 e. The fourth-order valence-corrected chi connectivity index (χ4v) is 4.28. The summed E-state index contributed by atoms with van der Waals surface area (Å²) in [5.74, 6) is 0.796. The van der Waals surface area contributed by atoms with Crippen LogP contribution in [0.2, 0.25) is 19.1 Å². The maximum Gasteiger partial charge on any atom is 0.187 e. The SMILES string of the molecule is CC(C)(C)[C@@H]1CO[Si](C)(C)C1. The van der Waals surface area contributed by atoms with Gasteiger partial charge in [0.15, 0.2) is 8.32 Å². The summed E-state index contributed by atoms with van der Waals surface area (Å²) in [7, 11) is -1.21. The van der Waals surface area contributed by atoms with Crippen molar-refractivity contribution in [2.45, 2.75) is 39.9 Å². The quantitative estimate of drug-likeness (QED) is 0.511. The Morgan fingerprint density at radius 1 is 1.27 bits per heavy atom. The summed E-state index contributed by atoms with van der Waals surface area (Å²) < 4.78 is 5.82. The average Bonchev–Trinajstić information content (AvgIpc) is 2.07. The van der Waals surface area contributed by atoms with Crippen LogP contribution in [0, 0.1) is 11.3 Å². The normalized spacial score (nSPS) is 30.8. The van der Waals surface area contributed by atoms with Gasteiger partial charge < -0.3 is 4.43 Å². The van der Waals surface area contributed by atoms with Gasteiger partial charge >= 0.3 is 0 Å². The molecule has 0 unspecified atom stereocenters. The van der Waals surface area contributed by atoms with Crippen LogP contribution in [0.25, 0.3) is 0 Å². The Morgan fingerprint density at radius 3 is 2.00 bits per heavy atom. The first kappa shape index (κ1) is 9.27. The molecule has 11 heavy (non-hydrogen) atoms. The van der Waals surface area contributed by atoms with Crippen molar-refractivity contribution in [3.8, 4) is 0 Å². The van der Waals surface area contributed by atoms with E-state index in [1.807, 2.05) is 0 Å². The summed E-state index contributed by atoms with van der Waals surface area (Å²) in [5.41, 5.74) is 0.445. The zero-order valence-electron chi connectivity index (χ0n) is 8.40. The van der Waals surface area contributed by atoms with Crippen molar-refractivity contribution < 1.29 is 4.43 Å². The predicted molar refractivity (Wildman–Crippen MR) is 51.2 cm³/mol. The Morgan fingerprint density at radius 2 is 1.82 bits per heavy atom. The third-order valence-electron chi connectivity index (χ3n) is 2.64. The molecule has 0 N–H and O–H groups in total. The van der Waals surface area contributed by atoms with Crippen LogP contribution < -0.4 is 0 Å². The van der Waals surface area contributed by atoms with E-state index in [1.54, 1.807) is 0 Å². The molecule has 0 saturated carbocycles. The highest BCUT2D eigenvalue weighted by Gasteiger charge is 2.39. The monoisotopic (exact) mass is 172 g/mol. The molecule has 0 aliphatic carbocycles. The topological polar surface area (TPSA) is 9.23 Å². The molecule has 0 aromatic heterocycles. The van der Waals surface area contributed by atoms with Crippen molar-refractivity contribution >= 4 is 8.32 Å². The van der Waals surface area contributed by atoms with E-state index in [-0.39, 0.29) is 0 Å². The highest BCUT2D eigenvalue weighted by atomic mass is 28.4. The second-order valence-corrected chi connectivity index (χ2v) is 9.55. The first-order valence-electron chi connectivity index (χ1n) is 4.45. The van der Waals surface area contributed by atoms with Crippen LogP contribution >= 0.6 is 0 Å². The molecule has 66 valence electrons. The number of hydrogen-bond donors (Lipinski definition) is 0. The molecule has 0 bridgehead atoms. The lowest BCUT2D eigenvalue weighted by Gasteiger charge is -2.25. The summed E-state index contributed by atoms with van der Waals surface area (Å²) in [6, 6.07) is 1.34. The van der Waals surface area contributed by atoms with Crippen molar-refractivity contribution in [3.63, 3.8) is 0 Å². The molecule has 1 saturated heterocycles. The summed E-state index contributed by atoms with van der Waals surface area (Å²) in [5, 5.41) is 0. The molecule has 1 fully saturated rings. The Bertz CT molecular complexity index is 146. The third-order valence-corrected chi connectivity index (χ3v) is 5.06. The van der Waals surface area contributed by atoms with E-state index in [2.05, 4.69) is 33.9 Å². The van der Waals surface area contributed by atoms with Crippen molar-refractivity contribution in [2.75, 3.05) is 6.61 Å². The van der Waals surface area contributed by atoms with E-state index in [4.69, 9.17) is 4.43 Å². The summed E-state index contributed by atoms with van der Waals surface area (Å²) in [6.45, 7) is 12.6. The predicted octanol–water partition coefficient (Wildman–Crippen LogP) is 2.88. The molecule has 1 rings (SSSR count). The zero-order chi connectivity index (χ0) is 8.70. The molecule has 1 heterocycles. The van der Waals surface area contributed by atoms with Crippen LogP contribution in [0.4, 0.5) is 0 Å². The summed E-state index contributed by atoms with van der Waals surface area (Å²) >= 11 is 0. The van der Waals surface area contributed by atoms with Crippen molar-refractivity contribution in [3.05, 3.63) is 0 Å². The summed E-state index contributed by atoms with van der Waals surface area (Å²) in [4.78, 5) is 0. The third kappa shape index (κ3) is 2.31. The van der Waals surface area contributed by atoms with Gasteiger partial charge in [-0.3, -0.25) is 0 Å². The zero-order valence-corrected chi connectivity index (χ0v) is 9.40. The first-order valence-corrected chi connectivity index (χ1v) is 7.57. The van der Waals surface area contributed by atoms with E-state index in [0.717, 1.165) is 12.5 Å². The Hall–Kier alpha value is 0.177. The molecule has 0 radical (unpaired) electrons. The molecule has 1 atom stereocenters. The average molecular weight is 172 g/mol. The van der Waals surface area contributed by atoms with E-state index in [1.165, 1.54) is 6.04 Å². The van der Waals surface area contributed by atoms with Gasteiger partial charge in [0.1, 0.15) is 0 Å². The van der Waals surface area contributed by atoms with Crippen LogP contribution in [0.15, 0.2) is 0 Å². The van der Waals surface area contributed by atoms with E-state index in [9.17, 15) is 0 Å². The maximum atomic E-state index is 5.82. The largest absolute Gasteiger partial charge is 0.417 e. The molecule has 1 aliphatic rings. The fraction of sp³-hybridized carbons (Fsp3) is 1.00. The molecular formula is C9H20OSi. The van der Waals surface area contributed by atoms with Gasteiger partial charge in [0.05, 0.1) is 0 Å². The van der Waals surface area contributed by atoms with E-state index >= 15 is 0 Å². The van der Waals surface area contributed by atoms with Gasteiger partial charge in [-0.15, -0.1) is 0 Å². The highest BCUT2D eigenvalue weighted by Crippen LogP contribution is 2.38. The van der Waals surface area contributed by atoms with Gasteiger partial charge in [-0.05, 0) is 30.5 Å². The van der Waals surface area contributed by atoms with Crippen molar-refractivity contribution in [2.24, 2.45) is 11.3 Å². The van der Waals surface area contributed by atoms with Crippen molar-refractivity contribution in [1.29, 1.82) is 0 Å². The molecule has 1 nitrogen and oxygen atoms in total. The standard InChI is InChI=1S/C9H20OSi/c1-9(2,3)8-6-10-11(4,5)7-8/h8H,6-7H2,1-5H3/t8-/m1/s1. The van der Waals surface area contributed by atoms with E-state index < -0.39 is 8.32 Å². The lowest BCUT2D eigenvalue weighted by Crippen LogP contribution is -2.25. The second kappa shape index (κ2) is 2.59. The van der Waals surface area contributed by atoms with Gasteiger partial charge in [-0.2, -0.15) is 0 Å². The Balaban J connectivity index is 2.55. The molecule has 1 aliphatic heterocycles. The van der Waals surface area contributed by atoms with Crippen LogP contribution in [0.3, 0.4) is 0 Å². The molecule has 0 spiro atoms. The van der Waals surface area contributed by atoms with Gasteiger partial charge in [0, 0.05) is 6.61 Å². The van der Waals surface area contributed by atoms with Gasteiger partial charge in [-0.1, -0.05) is 20.8 Å². The minimum atomic E-state index is -1.21. The second-order valence-electron chi connectivity index (χ2n) is 5.34. The van der Waals surface area contributed by atoms with Crippen LogP contribution in [-0.4, -0.2) is 14.9 Å². The molecule has 2 heteroatoms. The number of rotatable bonds is 0. The maximum absolute atomic E-state index is 5.82. The fourth-order valence-electron chi connectivity index (χ4n) is 1.59. The minimum Gasteiger partial charge on any atom is -0.417 e. The van der Waals surface area contributed by atoms with Gasteiger partial charge in [0.2, 0.25) is 0 Å². The van der Waals surface area contributed by atoms with E-state index in [0.29, 0.717) is 5.41 Å². The Kier molecular flexibility index (Phi) is 2.19. The van der Waals surface area contributed by atoms with Crippen LogP contribution in [0.1, 0.15) is 20.8 Å². The molecule has 0 amide bonds. The first-order chi connectivity index (χ1) is 4.81. The van der Waals surface area contributed by atoms with Crippen LogP contribution in [-0.2, 0) is 4.43 Å². The summed E-state index contributed by atoms with van der Waals surface area (Å²) in [6.07, 6.45) is 0. The molecular weight excluding hydrogens is 152 g/mol. The highest BCUT2D eigenvalue weighted by molar-refractivity contribution is 6.71.